The number of aromatic nitrogens is 2. The fraction of sp³-hybridized carbons (Fsp3) is 0.333. The lowest BCUT2D eigenvalue weighted by atomic mass is 10.1. The molecule has 3 heterocycles. The summed E-state index contributed by atoms with van der Waals surface area (Å²) in [4.78, 5) is 13.9. The maximum atomic E-state index is 5.77. The van der Waals surface area contributed by atoms with Crippen LogP contribution in [0.2, 0.25) is 0 Å². The number of anilines is 2. The van der Waals surface area contributed by atoms with Crippen molar-refractivity contribution in [2.45, 2.75) is 13.8 Å². The van der Waals surface area contributed by atoms with Gasteiger partial charge in [0.2, 0.25) is 5.88 Å². The molecule has 3 aromatic rings. The summed E-state index contributed by atoms with van der Waals surface area (Å²) >= 11 is 0. The van der Waals surface area contributed by atoms with Gasteiger partial charge in [-0.1, -0.05) is 12.1 Å². The number of rotatable bonds is 4. The van der Waals surface area contributed by atoms with Crippen molar-refractivity contribution in [3.8, 4) is 5.88 Å². The number of hydrogen-bond donors (Lipinski definition) is 0. The summed E-state index contributed by atoms with van der Waals surface area (Å²) < 4.78 is 5.77. The summed E-state index contributed by atoms with van der Waals surface area (Å²) in [5, 5.41) is 2.30. The molecule has 5 nitrogen and oxygen atoms in total. The standard InChI is InChI=1S/C21H24N4O/c1-3-26-21-17-7-6-8-19(18(17)15-16(2)23-21)24-11-13-25(14-12-24)20-9-4-5-10-22-20/h4-10,15H,3,11-14H2,1-2H3. The summed E-state index contributed by atoms with van der Waals surface area (Å²) in [6.07, 6.45) is 1.86. The van der Waals surface area contributed by atoms with Crippen molar-refractivity contribution in [2.75, 3.05) is 42.6 Å². The van der Waals surface area contributed by atoms with Crippen LogP contribution in [0.1, 0.15) is 12.6 Å². The Kier molecular flexibility index (Phi) is 4.61. The van der Waals surface area contributed by atoms with Crippen molar-refractivity contribution in [3.05, 3.63) is 54.4 Å². The molecular weight excluding hydrogens is 324 g/mol. The van der Waals surface area contributed by atoms with Crippen LogP contribution in [0, 0.1) is 6.92 Å². The predicted octanol–water partition coefficient (Wildman–Crippen LogP) is 3.66. The zero-order chi connectivity index (χ0) is 17.9. The topological polar surface area (TPSA) is 41.5 Å². The molecule has 0 amide bonds. The zero-order valence-electron chi connectivity index (χ0n) is 15.4. The molecule has 0 bridgehead atoms. The largest absolute Gasteiger partial charge is 0.478 e. The van der Waals surface area contributed by atoms with E-state index in [0.717, 1.165) is 49.0 Å². The number of aryl methyl sites for hydroxylation is 1. The Morgan fingerprint density at radius 3 is 2.50 bits per heavy atom. The summed E-state index contributed by atoms with van der Waals surface area (Å²) in [5.41, 5.74) is 2.25. The highest BCUT2D eigenvalue weighted by Gasteiger charge is 2.20. The molecule has 1 aliphatic rings. The van der Waals surface area contributed by atoms with Crippen LogP contribution in [0.3, 0.4) is 0 Å². The van der Waals surface area contributed by atoms with Crippen LogP contribution < -0.4 is 14.5 Å². The highest BCUT2D eigenvalue weighted by atomic mass is 16.5. The monoisotopic (exact) mass is 348 g/mol. The predicted molar refractivity (Wildman–Crippen MR) is 106 cm³/mol. The van der Waals surface area contributed by atoms with Crippen molar-refractivity contribution < 1.29 is 4.74 Å². The lowest BCUT2D eigenvalue weighted by molar-refractivity contribution is 0.331. The number of nitrogens with zero attached hydrogens (tertiary/aromatic N) is 4. The summed E-state index contributed by atoms with van der Waals surface area (Å²) in [6.45, 7) is 8.53. The lowest BCUT2D eigenvalue weighted by Crippen LogP contribution is -2.46. The average Bonchev–Trinajstić information content (AvgIpc) is 2.69. The Hall–Kier alpha value is -2.82. The van der Waals surface area contributed by atoms with Crippen molar-refractivity contribution >= 4 is 22.3 Å². The molecule has 1 aliphatic heterocycles. The van der Waals surface area contributed by atoms with E-state index in [0.29, 0.717) is 6.61 Å². The second-order valence-corrected chi connectivity index (χ2v) is 6.54. The molecular formula is C21H24N4O. The van der Waals surface area contributed by atoms with E-state index in [4.69, 9.17) is 4.74 Å². The van der Waals surface area contributed by atoms with Gasteiger partial charge in [-0.25, -0.2) is 9.97 Å². The minimum absolute atomic E-state index is 0.624. The van der Waals surface area contributed by atoms with Crippen LogP contribution in [-0.2, 0) is 0 Å². The van der Waals surface area contributed by atoms with E-state index in [2.05, 4.69) is 50.1 Å². The SMILES string of the molecule is CCOc1nc(C)cc2c(N3CCN(c4ccccn4)CC3)cccc12. The molecule has 1 aromatic carbocycles. The Bertz CT molecular complexity index is 889. The maximum absolute atomic E-state index is 5.77. The van der Waals surface area contributed by atoms with E-state index >= 15 is 0 Å². The fourth-order valence-electron chi connectivity index (χ4n) is 3.59. The number of fused-ring (bicyclic) bond motifs is 1. The number of piperazine rings is 1. The molecule has 0 aliphatic carbocycles. The molecule has 134 valence electrons. The first-order valence-electron chi connectivity index (χ1n) is 9.20. The summed E-state index contributed by atoms with van der Waals surface area (Å²) in [7, 11) is 0. The molecule has 2 aromatic heterocycles. The minimum Gasteiger partial charge on any atom is -0.478 e. The molecule has 0 atom stereocenters. The number of hydrogen-bond acceptors (Lipinski definition) is 5. The van der Waals surface area contributed by atoms with Crippen LogP contribution in [0.15, 0.2) is 48.7 Å². The van der Waals surface area contributed by atoms with Crippen LogP contribution in [-0.4, -0.2) is 42.8 Å². The van der Waals surface area contributed by atoms with E-state index in [1.807, 2.05) is 32.2 Å². The smallest absolute Gasteiger partial charge is 0.221 e. The van der Waals surface area contributed by atoms with Gasteiger partial charge >= 0.3 is 0 Å². The van der Waals surface area contributed by atoms with Crippen molar-refractivity contribution in [1.29, 1.82) is 0 Å². The Morgan fingerprint density at radius 1 is 0.962 bits per heavy atom. The van der Waals surface area contributed by atoms with Gasteiger partial charge in [0.1, 0.15) is 5.82 Å². The molecule has 1 fully saturated rings. The minimum atomic E-state index is 0.624. The van der Waals surface area contributed by atoms with Gasteiger partial charge < -0.3 is 14.5 Å². The molecule has 0 unspecified atom stereocenters. The van der Waals surface area contributed by atoms with Crippen molar-refractivity contribution in [1.82, 2.24) is 9.97 Å². The first kappa shape index (κ1) is 16.6. The molecule has 1 saturated heterocycles. The summed E-state index contributed by atoms with van der Waals surface area (Å²) in [6, 6.07) is 14.7. The molecule has 0 radical (unpaired) electrons. The van der Waals surface area contributed by atoms with Gasteiger partial charge in [-0.15, -0.1) is 0 Å². The fourth-order valence-corrected chi connectivity index (χ4v) is 3.59. The van der Waals surface area contributed by atoms with Gasteiger partial charge in [0, 0.05) is 54.5 Å². The molecule has 26 heavy (non-hydrogen) atoms. The molecule has 0 spiro atoms. The third-order valence-electron chi connectivity index (χ3n) is 4.82. The first-order chi connectivity index (χ1) is 12.8. The van der Waals surface area contributed by atoms with Crippen LogP contribution in [0.4, 0.5) is 11.5 Å². The zero-order valence-corrected chi connectivity index (χ0v) is 15.4. The maximum Gasteiger partial charge on any atom is 0.221 e. The van der Waals surface area contributed by atoms with Crippen LogP contribution in [0.25, 0.3) is 10.8 Å². The van der Waals surface area contributed by atoms with E-state index in [1.54, 1.807) is 0 Å². The molecule has 0 N–H and O–H groups in total. The van der Waals surface area contributed by atoms with Crippen molar-refractivity contribution in [3.63, 3.8) is 0 Å². The molecule has 5 heteroatoms. The average molecular weight is 348 g/mol. The van der Waals surface area contributed by atoms with Crippen molar-refractivity contribution in [2.24, 2.45) is 0 Å². The Morgan fingerprint density at radius 2 is 1.77 bits per heavy atom. The number of ether oxygens (including phenoxy) is 1. The van der Waals surface area contributed by atoms with Gasteiger partial charge in [0.05, 0.1) is 6.61 Å². The van der Waals surface area contributed by atoms with Gasteiger partial charge in [-0.05, 0) is 44.2 Å². The van der Waals surface area contributed by atoms with E-state index in [1.165, 1.54) is 11.1 Å². The highest BCUT2D eigenvalue weighted by Crippen LogP contribution is 2.33. The second-order valence-electron chi connectivity index (χ2n) is 6.54. The molecule has 4 rings (SSSR count). The van der Waals surface area contributed by atoms with Gasteiger partial charge in [0.15, 0.2) is 0 Å². The van der Waals surface area contributed by atoms with Gasteiger partial charge in [-0.2, -0.15) is 0 Å². The highest BCUT2D eigenvalue weighted by molar-refractivity contribution is 5.97. The molecule has 0 saturated carbocycles. The van der Waals surface area contributed by atoms with E-state index in [-0.39, 0.29) is 0 Å². The van der Waals surface area contributed by atoms with E-state index < -0.39 is 0 Å². The number of benzene rings is 1. The normalized spacial score (nSPS) is 14.7. The Balaban J connectivity index is 1.62. The van der Waals surface area contributed by atoms with Gasteiger partial charge in [-0.3, -0.25) is 0 Å². The van der Waals surface area contributed by atoms with Crippen LogP contribution in [0.5, 0.6) is 5.88 Å². The summed E-state index contributed by atoms with van der Waals surface area (Å²) in [5.74, 6) is 1.79. The third-order valence-corrected chi connectivity index (χ3v) is 4.82. The quantitative estimate of drug-likeness (QED) is 0.720. The third kappa shape index (κ3) is 3.17. The Labute approximate surface area is 154 Å². The van der Waals surface area contributed by atoms with Crippen LogP contribution >= 0.6 is 0 Å². The number of pyridine rings is 2. The first-order valence-corrected chi connectivity index (χ1v) is 9.20. The van der Waals surface area contributed by atoms with Gasteiger partial charge in [0.25, 0.3) is 0 Å². The lowest BCUT2D eigenvalue weighted by Gasteiger charge is -2.37. The second kappa shape index (κ2) is 7.20. The van der Waals surface area contributed by atoms with E-state index in [9.17, 15) is 0 Å².